The molecule has 0 radical (unpaired) electrons. The van der Waals surface area contributed by atoms with Gasteiger partial charge in [0.05, 0.1) is 6.04 Å². The zero-order valence-electron chi connectivity index (χ0n) is 12.6. The van der Waals surface area contributed by atoms with Crippen LogP contribution in [-0.4, -0.2) is 34.9 Å². The van der Waals surface area contributed by atoms with Crippen molar-refractivity contribution in [2.75, 3.05) is 7.05 Å². The Kier molecular flexibility index (Phi) is 9.94. The summed E-state index contributed by atoms with van der Waals surface area (Å²) < 4.78 is 0. The highest BCUT2D eigenvalue weighted by molar-refractivity contribution is 5.89. The molecular formula is C14H29N3O2. The van der Waals surface area contributed by atoms with Gasteiger partial charge in [-0.1, -0.05) is 50.6 Å². The molecule has 1 unspecified atom stereocenters. The quantitative estimate of drug-likeness (QED) is 0.211. The van der Waals surface area contributed by atoms with E-state index in [9.17, 15) is 4.79 Å². The van der Waals surface area contributed by atoms with Crippen molar-refractivity contribution in [3.05, 3.63) is 0 Å². The monoisotopic (exact) mass is 271 g/mol. The van der Waals surface area contributed by atoms with Gasteiger partial charge in [-0.2, -0.15) is 0 Å². The number of likely N-dealkylation sites (N-methyl/N-ethyl adjacent to an activating group) is 1. The first-order valence-electron chi connectivity index (χ1n) is 7.27. The fourth-order valence-electron chi connectivity index (χ4n) is 1.91. The van der Waals surface area contributed by atoms with Gasteiger partial charge in [0, 0.05) is 13.5 Å². The van der Waals surface area contributed by atoms with Gasteiger partial charge in [-0.3, -0.25) is 4.79 Å². The van der Waals surface area contributed by atoms with E-state index in [2.05, 4.69) is 12.1 Å². The van der Waals surface area contributed by atoms with Crippen molar-refractivity contribution in [2.45, 2.75) is 71.3 Å². The van der Waals surface area contributed by atoms with Gasteiger partial charge in [0.1, 0.15) is 0 Å². The van der Waals surface area contributed by atoms with Crippen LogP contribution in [0, 0.1) is 0 Å². The van der Waals surface area contributed by atoms with Crippen molar-refractivity contribution < 1.29 is 10.0 Å². The molecule has 0 aliphatic rings. The molecule has 19 heavy (non-hydrogen) atoms. The molecule has 1 amide bonds. The normalized spacial score (nSPS) is 13.3. The third kappa shape index (κ3) is 7.70. The van der Waals surface area contributed by atoms with Gasteiger partial charge < -0.3 is 15.8 Å². The van der Waals surface area contributed by atoms with Crippen molar-refractivity contribution >= 4 is 11.7 Å². The average molecular weight is 271 g/mol. The van der Waals surface area contributed by atoms with E-state index < -0.39 is 0 Å². The van der Waals surface area contributed by atoms with E-state index in [1.54, 1.807) is 14.0 Å². The van der Waals surface area contributed by atoms with Crippen LogP contribution in [-0.2, 0) is 4.79 Å². The summed E-state index contributed by atoms with van der Waals surface area (Å²) >= 11 is 0. The number of oxime groups is 1. The molecule has 0 rings (SSSR count). The fourth-order valence-corrected chi connectivity index (χ4v) is 1.91. The lowest BCUT2D eigenvalue weighted by atomic mass is 10.1. The fraction of sp³-hybridized carbons (Fsp3) is 0.857. The smallest absolute Gasteiger partial charge is 0.222 e. The Morgan fingerprint density at radius 1 is 1.21 bits per heavy atom. The maximum Gasteiger partial charge on any atom is 0.222 e. The summed E-state index contributed by atoms with van der Waals surface area (Å²) in [6, 6.07) is -0.359. The van der Waals surface area contributed by atoms with Crippen LogP contribution in [0.25, 0.3) is 0 Å². The third-order valence-electron chi connectivity index (χ3n) is 3.51. The van der Waals surface area contributed by atoms with Crippen LogP contribution in [0.4, 0.5) is 0 Å². The lowest BCUT2D eigenvalue weighted by Gasteiger charge is -2.23. The zero-order valence-corrected chi connectivity index (χ0v) is 12.6. The molecule has 3 N–H and O–H groups in total. The van der Waals surface area contributed by atoms with Gasteiger partial charge in [0.15, 0.2) is 5.84 Å². The lowest BCUT2D eigenvalue weighted by Crippen LogP contribution is -2.43. The Balaban J connectivity index is 3.74. The van der Waals surface area contributed by atoms with Gasteiger partial charge >= 0.3 is 0 Å². The number of carbonyl (C=O) groups is 1. The zero-order chi connectivity index (χ0) is 14.7. The van der Waals surface area contributed by atoms with E-state index in [1.807, 2.05) is 0 Å². The van der Waals surface area contributed by atoms with Gasteiger partial charge in [0.2, 0.25) is 5.91 Å². The Morgan fingerprint density at radius 3 is 2.26 bits per heavy atom. The highest BCUT2D eigenvalue weighted by atomic mass is 16.4. The molecule has 0 aromatic carbocycles. The average Bonchev–Trinajstić information content (AvgIpc) is 2.43. The number of carbonyl (C=O) groups excluding carboxylic acids is 1. The molecule has 0 aromatic heterocycles. The summed E-state index contributed by atoms with van der Waals surface area (Å²) in [6.07, 6.45) is 8.87. The number of nitrogens with two attached hydrogens (primary N) is 1. The van der Waals surface area contributed by atoms with Crippen LogP contribution in [0.3, 0.4) is 0 Å². The molecule has 0 saturated carbocycles. The number of amidine groups is 1. The Hall–Kier alpha value is -1.26. The minimum Gasteiger partial charge on any atom is -0.409 e. The molecule has 0 bridgehead atoms. The summed E-state index contributed by atoms with van der Waals surface area (Å²) in [5.41, 5.74) is 5.48. The van der Waals surface area contributed by atoms with E-state index in [4.69, 9.17) is 10.9 Å². The molecule has 0 saturated heterocycles. The van der Waals surface area contributed by atoms with Crippen molar-refractivity contribution in [2.24, 2.45) is 10.9 Å². The number of unbranched alkanes of at least 4 members (excludes halogenated alkanes) is 6. The first-order chi connectivity index (χ1) is 9.04. The summed E-state index contributed by atoms with van der Waals surface area (Å²) in [7, 11) is 1.69. The van der Waals surface area contributed by atoms with Crippen LogP contribution >= 0.6 is 0 Å². The van der Waals surface area contributed by atoms with E-state index in [-0.39, 0.29) is 17.8 Å². The Bertz CT molecular complexity index is 280. The summed E-state index contributed by atoms with van der Waals surface area (Å²) in [6.45, 7) is 3.95. The molecule has 0 aliphatic heterocycles. The minimum absolute atomic E-state index is 0.0488. The largest absolute Gasteiger partial charge is 0.409 e. The first-order valence-corrected chi connectivity index (χ1v) is 7.27. The van der Waals surface area contributed by atoms with Crippen LogP contribution in [0.15, 0.2) is 5.16 Å². The summed E-state index contributed by atoms with van der Waals surface area (Å²) in [5, 5.41) is 11.5. The molecular weight excluding hydrogens is 242 g/mol. The molecule has 0 fully saturated rings. The molecule has 5 nitrogen and oxygen atoms in total. The molecule has 0 spiro atoms. The van der Waals surface area contributed by atoms with Gasteiger partial charge in [-0.15, -0.1) is 0 Å². The predicted molar refractivity (Wildman–Crippen MR) is 78.3 cm³/mol. The molecule has 1 atom stereocenters. The molecule has 0 heterocycles. The first kappa shape index (κ1) is 17.7. The van der Waals surface area contributed by atoms with Gasteiger partial charge in [0.25, 0.3) is 0 Å². The van der Waals surface area contributed by atoms with Crippen LogP contribution in [0.2, 0.25) is 0 Å². The SMILES string of the molecule is CCCCCCCCCC(=O)N(C)C(C)C(N)=NO. The molecule has 5 heteroatoms. The second kappa shape index (κ2) is 10.6. The number of amides is 1. The van der Waals surface area contributed by atoms with E-state index in [0.717, 1.165) is 12.8 Å². The third-order valence-corrected chi connectivity index (χ3v) is 3.51. The summed E-state index contributed by atoms with van der Waals surface area (Å²) in [5.74, 6) is 0.114. The van der Waals surface area contributed by atoms with Crippen LogP contribution < -0.4 is 5.73 Å². The van der Waals surface area contributed by atoms with Gasteiger partial charge in [-0.25, -0.2) is 0 Å². The molecule has 0 aromatic rings. The Labute approximate surface area is 116 Å². The van der Waals surface area contributed by atoms with Crippen molar-refractivity contribution in [1.82, 2.24) is 4.90 Å². The lowest BCUT2D eigenvalue weighted by molar-refractivity contribution is -0.130. The van der Waals surface area contributed by atoms with Crippen molar-refractivity contribution in [3.63, 3.8) is 0 Å². The highest BCUT2D eigenvalue weighted by Gasteiger charge is 2.18. The molecule has 112 valence electrons. The van der Waals surface area contributed by atoms with Crippen molar-refractivity contribution in [1.29, 1.82) is 0 Å². The predicted octanol–water partition coefficient (Wildman–Crippen LogP) is 2.72. The highest BCUT2D eigenvalue weighted by Crippen LogP contribution is 2.10. The second-order valence-electron chi connectivity index (χ2n) is 5.08. The van der Waals surface area contributed by atoms with E-state index in [0.29, 0.717) is 6.42 Å². The molecule has 0 aliphatic carbocycles. The number of hydrogen-bond donors (Lipinski definition) is 2. The van der Waals surface area contributed by atoms with Crippen LogP contribution in [0.5, 0.6) is 0 Å². The van der Waals surface area contributed by atoms with Crippen LogP contribution in [0.1, 0.15) is 65.2 Å². The Morgan fingerprint density at radius 2 is 1.74 bits per heavy atom. The number of rotatable bonds is 10. The maximum absolute atomic E-state index is 11.9. The van der Waals surface area contributed by atoms with Crippen molar-refractivity contribution in [3.8, 4) is 0 Å². The van der Waals surface area contributed by atoms with E-state index >= 15 is 0 Å². The maximum atomic E-state index is 11.9. The standard InChI is InChI=1S/C14H29N3O2/c1-4-5-6-7-8-9-10-11-13(18)17(3)12(2)14(15)16-19/h12,19H,4-11H2,1-3H3,(H2,15,16). The summed E-state index contributed by atoms with van der Waals surface area (Å²) in [4.78, 5) is 13.4. The van der Waals surface area contributed by atoms with Gasteiger partial charge in [-0.05, 0) is 13.3 Å². The number of nitrogens with zero attached hydrogens (tertiary/aromatic N) is 2. The minimum atomic E-state index is -0.359. The second-order valence-corrected chi connectivity index (χ2v) is 5.08. The van der Waals surface area contributed by atoms with E-state index in [1.165, 1.54) is 37.0 Å². The topological polar surface area (TPSA) is 78.9 Å². The number of hydrogen-bond acceptors (Lipinski definition) is 3.